The van der Waals surface area contributed by atoms with Crippen molar-refractivity contribution in [1.29, 1.82) is 0 Å². The summed E-state index contributed by atoms with van der Waals surface area (Å²) in [6, 6.07) is 2.37. The molecule has 1 amide bonds. The Morgan fingerprint density at radius 2 is 2.27 bits per heavy atom. The standard InChI is InChI=1S/C17H22N2O2S/c18-15-12-8-19(7-11(12)6-17(15)2-3-17)16(20)14-5-10-9-21-4-1-13(10)22-14/h5,11-12,15H,1-4,6-9,18H2/t11-,12+,15-/m0/s1. The van der Waals surface area contributed by atoms with Gasteiger partial charge in [0, 0.05) is 30.4 Å². The van der Waals surface area contributed by atoms with E-state index in [0.29, 0.717) is 29.9 Å². The Hall–Kier alpha value is -0.910. The summed E-state index contributed by atoms with van der Waals surface area (Å²) in [5, 5.41) is 0. The number of ether oxygens (including phenoxy) is 1. The van der Waals surface area contributed by atoms with Crippen molar-refractivity contribution in [2.24, 2.45) is 23.0 Å². The normalized spacial score (nSPS) is 34.8. The van der Waals surface area contributed by atoms with E-state index in [1.807, 2.05) is 0 Å². The van der Waals surface area contributed by atoms with Crippen LogP contribution in [0.5, 0.6) is 0 Å². The third-order valence-corrected chi connectivity index (χ3v) is 7.57. The Balaban J connectivity index is 1.34. The summed E-state index contributed by atoms with van der Waals surface area (Å²) in [4.78, 5) is 17.1. The minimum Gasteiger partial charge on any atom is -0.376 e. The molecule has 3 fully saturated rings. The SMILES string of the molecule is N[C@H]1[C@@H]2CN(C(=O)c3cc4c(s3)CCOC4)C[C@@H]2CC12CC2. The third kappa shape index (κ3) is 1.85. The molecule has 1 aromatic heterocycles. The summed E-state index contributed by atoms with van der Waals surface area (Å²) in [6.07, 6.45) is 4.82. The Kier molecular flexibility index (Phi) is 2.80. The van der Waals surface area contributed by atoms with Gasteiger partial charge in [-0.15, -0.1) is 11.3 Å². The minimum absolute atomic E-state index is 0.214. The van der Waals surface area contributed by atoms with Gasteiger partial charge in [-0.3, -0.25) is 4.79 Å². The van der Waals surface area contributed by atoms with Gasteiger partial charge in [0.05, 0.1) is 18.1 Å². The molecule has 2 aliphatic carbocycles. The zero-order valence-corrected chi connectivity index (χ0v) is 13.5. The van der Waals surface area contributed by atoms with Gasteiger partial charge in [0.1, 0.15) is 0 Å². The molecule has 4 aliphatic rings. The van der Waals surface area contributed by atoms with Crippen molar-refractivity contribution in [2.45, 2.75) is 38.3 Å². The fourth-order valence-corrected chi connectivity index (χ4v) is 6.02. The maximum absolute atomic E-state index is 12.8. The average Bonchev–Trinajstić information content (AvgIpc) is 2.92. The first-order chi connectivity index (χ1) is 10.7. The van der Waals surface area contributed by atoms with Gasteiger partial charge in [-0.2, -0.15) is 0 Å². The van der Waals surface area contributed by atoms with Gasteiger partial charge in [-0.25, -0.2) is 0 Å². The van der Waals surface area contributed by atoms with Crippen molar-refractivity contribution >= 4 is 17.2 Å². The highest BCUT2D eigenvalue weighted by molar-refractivity contribution is 7.14. The van der Waals surface area contributed by atoms with E-state index in [1.165, 1.54) is 29.7 Å². The summed E-state index contributed by atoms with van der Waals surface area (Å²) < 4.78 is 5.48. The number of fused-ring (bicyclic) bond motifs is 2. The lowest BCUT2D eigenvalue weighted by Gasteiger charge is -2.22. The van der Waals surface area contributed by atoms with E-state index < -0.39 is 0 Å². The van der Waals surface area contributed by atoms with Crippen molar-refractivity contribution in [3.05, 3.63) is 21.4 Å². The number of carbonyl (C=O) groups is 1. The predicted octanol–water partition coefficient (Wildman–Crippen LogP) is 2.02. The number of hydrogen-bond donors (Lipinski definition) is 1. The monoisotopic (exact) mass is 318 g/mol. The van der Waals surface area contributed by atoms with Crippen LogP contribution in [0, 0.1) is 17.3 Å². The molecule has 0 unspecified atom stereocenters. The lowest BCUT2D eigenvalue weighted by atomic mass is 9.96. The van der Waals surface area contributed by atoms with E-state index in [0.717, 1.165) is 31.0 Å². The third-order valence-electron chi connectivity index (χ3n) is 6.35. The summed E-state index contributed by atoms with van der Waals surface area (Å²) >= 11 is 1.67. The number of hydrogen-bond acceptors (Lipinski definition) is 4. The van der Waals surface area contributed by atoms with Crippen molar-refractivity contribution in [2.75, 3.05) is 19.7 Å². The Morgan fingerprint density at radius 3 is 3.00 bits per heavy atom. The molecule has 5 heteroatoms. The van der Waals surface area contributed by atoms with Gasteiger partial charge >= 0.3 is 0 Å². The largest absolute Gasteiger partial charge is 0.376 e. The average molecular weight is 318 g/mol. The fraction of sp³-hybridized carbons (Fsp3) is 0.706. The minimum atomic E-state index is 0.214. The second-order valence-electron chi connectivity index (χ2n) is 7.59. The molecule has 2 N–H and O–H groups in total. The summed E-state index contributed by atoms with van der Waals surface area (Å²) in [5.41, 5.74) is 8.17. The Morgan fingerprint density at radius 1 is 1.41 bits per heavy atom. The van der Waals surface area contributed by atoms with E-state index in [-0.39, 0.29) is 5.91 Å². The quantitative estimate of drug-likeness (QED) is 0.862. The van der Waals surface area contributed by atoms with Crippen LogP contribution in [0.1, 0.15) is 39.4 Å². The molecule has 3 heterocycles. The van der Waals surface area contributed by atoms with Crippen LogP contribution < -0.4 is 5.73 Å². The van der Waals surface area contributed by atoms with Gasteiger partial charge in [0.2, 0.25) is 0 Å². The second-order valence-corrected chi connectivity index (χ2v) is 8.72. The Bertz CT molecular complexity index is 613. The summed E-state index contributed by atoms with van der Waals surface area (Å²) in [5.74, 6) is 1.38. The topological polar surface area (TPSA) is 55.6 Å². The van der Waals surface area contributed by atoms with Crippen LogP contribution in [-0.2, 0) is 17.8 Å². The first kappa shape index (κ1) is 13.5. The molecule has 0 aromatic carbocycles. The van der Waals surface area contributed by atoms with Crippen molar-refractivity contribution in [1.82, 2.24) is 4.90 Å². The van der Waals surface area contributed by atoms with Crippen molar-refractivity contribution in [3.8, 4) is 0 Å². The van der Waals surface area contributed by atoms with Crippen LogP contribution in [0.25, 0.3) is 0 Å². The Labute approximate surface area is 134 Å². The summed E-state index contributed by atoms with van der Waals surface area (Å²) in [7, 11) is 0. The van der Waals surface area contributed by atoms with Crippen molar-refractivity contribution in [3.63, 3.8) is 0 Å². The smallest absolute Gasteiger partial charge is 0.263 e. The van der Waals surface area contributed by atoms with Gasteiger partial charge in [0.25, 0.3) is 5.91 Å². The molecular formula is C17H22N2O2S. The number of likely N-dealkylation sites (tertiary alicyclic amines) is 1. The number of thiophene rings is 1. The van der Waals surface area contributed by atoms with E-state index in [2.05, 4.69) is 11.0 Å². The summed E-state index contributed by atoms with van der Waals surface area (Å²) in [6.45, 7) is 3.23. The van der Waals surface area contributed by atoms with Gasteiger partial charge < -0.3 is 15.4 Å². The molecule has 22 heavy (non-hydrogen) atoms. The number of nitrogens with two attached hydrogens (primary N) is 1. The van der Waals surface area contributed by atoms with Gasteiger partial charge in [-0.1, -0.05) is 0 Å². The second kappa shape index (κ2) is 4.56. The molecule has 1 spiro atoms. The fourth-order valence-electron chi connectivity index (χ4n) is 4.90. The molecule has 2 saturated carbocycles. The maximum atomic E-state index is 12.8. The maximum Gasteiger partial charge on any atom is 0.263 e. The molecule has 5 rings (SSSR count). The molecule has 2 aliphatic heterocycles. The molecule has 1 aromatic rings. The lowest BCUT2D eigenvalue weighted by Crippen LogP contribution is -2.37. The van der Waals surface area contributed by atoms with Crippen LogP contribution in [0.15, 0.2) is 6.07 Å². The van der Waals surface area contributed by atoms with Gasteiger partial charge in [0.15, 0.2) is 0 Å². The molecular weight excluding hydrogens is 296 g/mol. The van der Waals surface area contributed by atoms with Gasteiger partial charge in [-0.05, 0) is 48.1 Å². The van der Waals surface area contributed by atoms with Crippen LogP contribution in [-0.4, -0.2) is 36.5 Å². The van der Waals surface area contributed by atoms with E-state index in [1.54, 1.807) is 11.3 Å². The van der Waals surface area contributed by atoms with E-state index in [9.17, 15) is 4.79 Å². The lowest BCUT2D eigenvalue weighted by molar-refractivity contribution is 0.0779. The number of rotatable bonds is 1. The molecule has 3 atom stereocenters. The predicted molar refractivity (Wildman–Crippen MR) is 84.8 cm³/mol. The highest BCUT2D eigenvalue weighted by Crippen LogP contribution is 2.62. The molecule has 0 radical (unpaired) electrons. The van der Waals surface area contributed by atoms with Crippen molar-refractivity contribution < 1.29 is 9.53 Å². The van der Waals surface area contributed by atoms with Crippen LogP contribution in [0.4, 0.5) is 0 Å². The molecule has 118 valence electrons. The van der Waals surface area contributed by atoms with E-state index in [4.69, 9.17) is 10.5 Å². The van der Waals surface area contributed by atoms with Crippen LogP contribution >= 0.6 is 11.3 Å². The highest BCUT2D eigenvalue weighted by atomic mass is 32.1. The molecule has 4 nitrogen and oxygen atoms in total. The number of amides is 1. The van der Waals surface area contributed by atoms with E-state index >= 15 is 0 Å². The first-order valence-corrected chi connectivity index (χ1v) is 9.22. The van der Waals surface area contributed by atoms with Crippen LogP contribution in [0.3, 0.4) is 0 Å². The molecule has 1 saturated heterocycles. The zero-order chi connectivity index (χ0) is 14.9. The number of carbonyl (C=O) groups excluding carboxylic acids is 1. The molecule has 0 bridgehead atoms. The number of nitrogens with zero attached hydrogens (tertiary/aromatic N) is 1. The first-order valence-electron chi connectivity index (χ1n) is 8.40. The highest BCUT2D eigenvalue weighted by Gasteiger charge is 2.60. The van der Waals surface area contributed by atoms with Crippen LogP contribution in [0.2, 0.25) is 0 Å². The zero-order valence-electron chi connectivity index (χ0n) is 12.7.